The number of benzene rings is 1. The number of hydrogen-bond acceptors (Lipinski definition) is 6. The number of rotatable bonds is 7. The van der Waals surface area contributed by atoms with Crippen molar-refractivity contribution in [2.24, 2.45) is 0 Å². The van der Waals surface area contributed by atoms with Gasteiger partial charge in [0.15, 0.2) is 5.69 Å². The third kappa shape index (κ3) is 5.99. The molecule has 14 heteroatoms. The van der Waals surface area contributed by atoms with Crippen LogP contribution >= 0.6 is 0 Å². The molecule has 1 aromatic heterocycles. The Morgan fingerprint density at radius 1 is 1.23 bits per heavy atom. The summed E-state index contributed by atoms with van der Waals surface area (Å²) in [4.78, 5) is 12.6. The molecule has 192 valence electrons. The SMILES string of the molecule is O=C(N[C@H]1COc2ccc(C(F)(F)F)cc2C1O)c1cc2n(n1)C[C@H](CCCOCC(F)(F)F)O2. The van der Waals surface area contributed by atoms with Gasteiger partial charge < -0.3 is 24.6 Å². The average molecular weight is 509 g/mol. The molecule has 0 fully saturated rings. The monoisotopic (exact) mass is 509 g/mol. The number of carbonyl (C=O) groups is 1. The van der Waals surface area contributed by atoms with Crippen LogP contribution in [0.2, 0.25) is 0 Å². The number of amides is 1. The van der Waals surface area contributed by atoms with Crippen LogP contribution in [0, 0.1) is 0 Å². The van der Waals surface area contributed by atoms with Gasteiger partial charge in [-0.1, -0.05) is 0 Å². The van der Waals surface area contributed by atoms with E-state index < -0.39 is 42.6 Å². The zero-order valence-corrected chi connectivity index (χ0v) is 18.0. The Bertz CT molecular complexity index is 1050. The minimum atomic E-state index is -4.60. The van der Waals surface area contributed by atoms with Crippen molar-refractivity contribution in [1.29, 1.82) is 0 Å². The summed E-state index contributed by atoms with van der Waals surface area (Å²) in [5, 5.41) is 17.2. The molecule has 4 rings (SSSR count). The predicted octanol–water partition coefficient (Wildman–Crippen LogP) is 3.25. The van der Waals surface area contributed by atoms with E-state index in [2.05, 4.69) is 15.2 Å². The van der Waals surface area contributed by atoms with Crippen LogP contribution in [-0.4, -0.2) is 58.9 Å². The lowest BCUT2D eigenvalue weighted by Crippen LogP contribution is -2.45. The molecule has 2 aliphatic rings. The van der Waals surface area contributed by atoms with Crippen molar-refractivity contribution in [3.63, 3.8) is 0 Å². The predicted molar refractivity (Wildman–Crippen MR) is 106 cm³/mol. The van der Waals surface area contributed by atoms with E-state index in [1.807, 2.05) is 0 Å². The summed E-state index contributed by atoms with van der Waals surface area (Å²) in [5.41, 5.74) is -1.07. The number of alkyl halides is 6. The molecule has 2 N–H and O–H groups in total. The zero-order chi connectivity index (χ0) is 25.4. The highest BCUT2D eigenvalue weighted by Gasteiger charge is 2.36. The number of halogens is 6. The summed E-state index contributed by atoms with van der Waals surface area (Å²) in [6.07, 6.45) is -9.98. The van der Waals surface area contributed by atoms with Gasteiger partial charge in [-0.05, 0) is 31.0 Å². The van der Waals surface area contributed by atoms with E-state index in [0.29, 0.717) is 12.8 Å². The maximum Gasteiger partial charge on any atom is 0.416 e. The van der Waals surface area contributed by atoms with Crippen molar-refractivity contribution >= 4 is 5.91 Å². The molecule has 0 saturated carbocycles. The highest BCUT2D eigenvalue weighted by Crippen LogP contribution is 2.38. The van der Waals surface area contributed by atoms with Gasteiger partial charge in [-0.2, -0.15) is 31.4 Å². The number of ether oxygens (including phenoxy) is 3. The van der Waals surface area contributed by atoms with Gasteiger partial charge in [0.1, 0.15) is 31.2 Å². The van der Waals surface area contributed by atoms with Gasteiger partial charge in [0, 0.05) is 18.2 Å². The fourth-order valence-electron chi connectivity index (χ4n) is 3.83. The molecule has 8 nitrogen and oxygen atoms in total. The minimum absolute atomic E-state index is 0.0333. The van der Waals surface area contributed by atoms with E-state index in [-0.39, 0.29) is 48.7 Å². The van der Waals surface area contributed by atoms with Gasteiger partial charge >= 0.3 is 12.4 Å². The summed E-state index contributed by atoms with van der Waals surface area (Å²) < 4.78 is 92.2. The number of carbonyl (C=O) groups excluding carboxylic acids is 1. The molecule has 3 heterocycles. The van der Waals surface area contributed by atoms with E-state index >= 15 is 0 Å². The molecule has 3 atom stereocenters. The van der Waals surface area contributed by atoms with Crippen LogP contribution in [0.5, 0.6) is 11.6 Å². The number of aliphatic hydroxyl groups excluding tert-OH is 1. The molecular formula is C21H21F6N3O5. The number of aliphatic hydroxyl groups is 1. The van der Waals surface area contributed by atoms with Gasteiger partial charge in [-0.3, -0.25) is 4.79 Å². The largest absolute Gasteiger partial charge is 0.491 e. The highest BCUT2D eigenvalue weighted by molar-refractivity contribution is 5.92. The second kappa shape index (κ2) is 9.57. The molecule has 1 amide bonds. The lowest BCUT2D eigenvalue weighted by Gasteiger charge is -2.31. The molecule has 0 aliphatic carbocycles. The highest BCUT2D eigenvalue weighted by atomic mass is 19.4. The van der Waals surface area contributed by atoms with Crippen LogP contribution in [0.3, 0.4) is 0 Å². The zero-order valence-electron chi connectivity index (χ0n) is 18.0. The smallest absolute Gasteiger partial charge is 0.416 e. The molecule has 0 bridgehead atoms. The minimum Gasteiger partial charge on any atom is -0.491 e. The first-order valence-electron chi connectivity index (χ1n) is 10.6. The quantitative estimate of drug-likeness (QED) is 0.440. The number of nitrogens with zero attached hydrogens (tertiary/aromatic N) is 2. The average Bonchev–Trinajstić information content (AvgIpc) is 3.33. The maximum atomic E-state index is 13.0. The van der Waals surface area contributed by atoms with Crippen LogP contribution in [0.25, 0.3) is 0 Å². The van der Waals surface area contributed by atoms with E-state index in [1.165, 1.54) is 10.7 Å². The topological polar surface area (TPSA) is 94.8 Å². The molecule has 35 heavy (non-hydrogen) atoms. The molecule has 1 aromatic carbocycles. The Morgan fingerprint density at radius 3 is 2.69 bits per heavy atom. The number of fused-ring (bicyclic) bond motifs is 2. The van der Waals surface area contributed by atoms with Gasteiger partial charge in [-0.25, -0.2) is 4.68 Å². The van der Waals surface area contributed by atoms with Gasteiger partial charge in [0.25, 0.3) is 5.91 Å². The van der Waals surface area contributed by atoms with Gasteiger partial charge in [0.05, 0.1) is 18.2 Å². The fraction of sp³-hybridized carbons (Fsp3) is 0.524. The summed E-state index contributed by atoms with van der Waals surface area (Å²) in [5.74, 6) is -0.298. The van der Waals surface area contributed by atoms with Crippen molar-refractivity contribution in [1.82, 2.24) is 15.1 Å². The Balaban J connectivity index is 1.30. The second-order valence-corrected chi connectivity index (χ2v) is 8.19. The first kappa shape index (κ1) is 25.1. The molecule has 0 radical (unpaired) electrons. The molecule has 2 aliphatic heterocycles. The Morgan fingerprint density at radius 2 is 2.00 bits per heavy atom. The second-order valence-electron chi connectivity index (χ2n) is 8.19. The maximum absolute atomic E-state index is 13.0. The van der Waals surface area contributed by atoms with Crippen LogP contribution in [-0.2, 0) is 17.5 Å². The van der Waals surface area contributed by atoms with E-state index in [4.69, 9.17) is 9.47 Å². The van der Waals surface area contributed by atoms with Crippen LogP contribution < -0.4 is 14.8 Å². The molecular weight excluding hydrogens is 488 g/mol. The van der Waals surface area contributed by atoms with Gasteiger partial charge in [-0.15, -0.1) is 0 Å². The van der Waals surface area contributed by atoms with Crippen LogP contribution in [0.15, 0.2) is 24.3 Å². The Labute approximate surface area is 194 Å². The first-order chi connectivity index (χ1) is 16.4. The van der Waals surface area contributed by atoms with E-state index in [1.54, 1.807) is 0 Å². The standard InChI is InChI=1S/C21H21F6N3O5/c22-20(23,24)10-33-5-1-2-12-8-30-17(35-12)7-14(29-30)19(32)28-15-9-34-16-4-3-11(21(25,26)27)6-13(16)18(15)31/h3-4,6-7,12,15,18,31H,1-2,5,8-10H2,(H,28,32)/t12-,15-,18?/m0/s1. The number of nitrogens with one attached hydrogen (secondary N) is 1. The Hall–Kier alpha value is -3.00. The van der Waals surface area contributed by atoms with E-state index in [0.717, 1.165) is 18.2 Å². The molecule has 0 saturated heterocycles. The van der Waals surface area contributed by atoms with Crippen molar-refractivity contribution < 1.29 is 50.5 Å². The van der Waals surface area contributed by atoms with Crippen molar-refractivity contribution in [3.05, 3.63) is 41.1 Å². The lowest BCUT2D eigenvalue weighted by molar-refractivity contribution is -0.174. The summed E-state index contributed by atoms with van der Waals surface area (Å²) in [6.45, 7) is -1.26. The Kier molecular flexibility index (Phi) is 6.86. The fourth-order valence-corrected chi connectivity index (χ4v) is 3.83. The van der Waals surface area contributed by atoms with Crippen molar-refractivity contribution in [2.75, 3.05) is 19.8 Å². The number of aromatic nitrogens is 2. The third-order valence-corrected chi connectivity index (χ3v) is 5.49. The summed E-state index contributed by atoms with van der Waals surface area (Å²) in [7, 11) is 0. The first-order valence-corrected chi connectivity index (χ1v) is 10.6. The normalized spacial score (nSPS) is 21.6. The third-order valence-electron chi connectivity index (χ3n) is 5.49. The van der Waals surface area contributed by atoms with Crippen LogP contribution in [0.4, 0.5) is 26.3 Å². The van der Waals surface area contributed by atoms with E-state index in [9.17, 15) is 36.2 Å². The lowest BCUT2D eigenvalue weighted by atomic mass is 9.97. The van der Waals surface area contributed by atoms with Gasteiger partial charge in [0.2, 0.25) is 5.88 Å². The molecule has 2 aromatic rings. The van der Waals surface area contributed by atoms with Crippen molar-refractivity contribution in [3.8, 4) is 11.6 Å². The summed E-state index contributed by atoms with van der Waals surface area (Å²) in [6, 6.07) is 3.10. The van der Waals surface area contributed by atoms with Crippen LogP contribution in [0.1, 0.15) is 40.6 Å². The molecule has 0 spiro atoms. The number of hydrogen-bond donors (Lipinski definition) is 2. The molecule has 1 unspecified atom stereocenters. The van der Waals surface area contributed by atoms with Crippen molar-refractivity contribution in [2.45, 2.75) is 50.0 Å². The summed E-state index contributed by atoms with van der Waals surface area (Å²) >= 11 is 0.